The van der Waals surface area contributed by atoms with Crippen LogP contribution < -0.4 is 0 Å². The highest BCUT2D eigenvalue weighted by atomic mass is 14.9. The molecule has 44 valence electrons. The lowest BCUT2D eigenvalue weighted by Crippen LogP contribution is -1.82. The number of amidine groups is 1. The molecule has 0 radical (unpaired) electrons. The van der Waals surface area contributed by atoms with Gasteiger partial charge in [-0.15, -0.1) is 0 Å². The molecule has 0 aliphatic rings. The fourth-order valence-corrected chi connectivity index (χ4v) is 0.218. The molecule has 0 aromatic carbocycles. The van der Waals surface area contributed by atoms with E-state index >= 15 is 0 Å². The van der Waals surface area contributed by atoms with Gasteiger partial charge in [-0.25, -0.2) is 4.99 Å². The van der Waals surface area contributed by atoms with Crippen molar-refractivity contribution in [2.75, 3.05) is 7.05 Å². The van der Waals surface area contributed by atoms with Crippen molar-refractivity contribution < 1.29 is 0 Å². The van der Waals surface area contributed by atoms with Gasteiger partial charge in [-0.2, -0.15) is 0 Å². The monoisotopic (exact) mass is 110 g/mol. The number of hydrogen-bond acceptors (Lipinski definition) is 1. The van der Waals surface area contributed by atoms with E-state index in [0.29, 0.717) is 0 Å². The molecule has 0 atom stereocenters. The summed E-state index contributed by atoms with van der Waals surface area (Å²) in [5.74, 6) is 0.768. The second-order valence-corrected chi connectivity index (χ2v) is 1.28. The van der Waals surface area contributed by atoms with Crippen LogP contribution in [0.15, 0.2) is 22.6 Å². The highest BCUT2D eigenvalue weighted by Crippen LogP contribution is 1.73. The predicted molar refractivity (Wildman–Crippen MR) is 37.7 cm³/mol. The summed E-state index contributed by atoms with van der Waals surface area (Å²) in [6, 6.07) is 0. The van der Waals surface area contributed by atoms with Crippen LogP contribution in [0.1, 0.15) is 6.92 Å². The standard InChI is InChI=1S/C6H10N2/c1-4-5-8-6(2)7-3/h4-5H,1H2,2-3H3. The molecule has 0 spiro atoms. The minimum atomic E-state index is 0.768. The van der Waals surface area contributed by atoms with E-state index in [2.05, 4.69) is 16.6 Å². The van der Waals surface area contributed by atoms with Gasteiger partial charge in [-0.1, -0.05) is 12.7 Å². The molecule has 0 aliphatic heterocycles. The smallest absolute Gasteiger partial charge is 0.119 e. The molecule has 0 bridgehead atoms. The molecule has 0 rings (SSSR count). The normalized spacial score (nSPS) is 12.5. The third kappa shape index (κ3) is 3.28. The summed E-state index contributed by atoms with van der Waals surface area (Å²) < 4.78 is 0. The first kappa shape index (κ1) is 7.08. The average Bonchev–Trinajstić information content (AvgIpc) is 1.83. The van der Waals surface area contributed by atoms with Crippen LogP contribution >= 0.6 is 0 Å². The van der Waals surface area contributed by atoms with Crippen molar-refractivity contribution in [3.63, 3.8) is 0 Å². The van der Waals surface area contributed by atoms with Crippen LogP contribution in [0.4, 0.5) is 0 Å². The Morgan fingerprint density at radius 2 is 2.25 bits per heavy atom. The second-order valence-electron chi connectivity index (χ2n) is 1.28. The molecular weight excluding hydrogens is 100 g/mol. The zero-order valence-electron chi connectivity index (χ0n) is 5.26. The van der Waals surface area contributed by atoms with Crippen LogP contribution in [0.25, 0.3) is 0 Å². The van der Waals surface area contributed by atoms with E-state index in [1.54, 1.807) is 19.3 Å². The van der Waals surface area contributed by atoms with Crippen molar-refractivity contribution in [2.45, 2.75) is 6.92 Å². The molecule has 2 heteroatoms. The van der Waals surface area contributed by atoms with Crippen molar-refractivity contribution in [2.24, 2.45) is 9.98 Å². The lowest BCUT2D eigenvalue weighted by Gasteiger charge is -1.81. The fraction of sp³-hybridized carbons (Fsp3) is 0.333. The summed E-state index contributed by atoms with van der Waals surface area (Å²) in [6.45, 7) is 5.30. The van der Waals surface area contributed by atoms with Crippen molar-refractivity contribution in [3.8, 4) is 0 Å². The Bertz CT molecular complexity index is 122. The lowest BCUT2D eigenvalue weighted by atomic mass is 10.6. The summed E-state index contributed by atoms with van der Waals surface area (Å²) in [5, 5.41) is 0. The van der Waals surface area contributed by atoms with E-state index in [1.165, 1.54) is 0 Å². The summed E-state index contributed by atoms with van der Waals surface area (Å²) in [5.41, 5.74) is 0. The Labute approximate surface area is 49.7 Å². The quantitative estimate of drug-likeness (QED) is 0.359. The topological polar surface area (TPSA) is 24.7 Å². The Hall–Kier alpha value is -0.920. The van der Waals surface area contributed by atoms with Crippen LogP contribution in [0.2, 0.25) is 0 Å². The second kappa shape index (κ2) is 4.24. The maximum Gasteiger partial charge on any atom is 0.119 e. The van der Waals surface area contributed by atoms with Gasteiger partial charge in [-0.3, -0.25) is 4.99 Å². The van der Waals surface area contributed by atoms with Crippen LogP contribution in [-0.2, 0) is 0 Å². The first-order valence-electron chi connectivity index (χ1n) is 2.39. The van der Waals surface area contributed by atoms with E-state index < -0.39 is 0 Å². The lowest BCUT2D eigenvalue weighted by molar-refractivity contribution is 1.38. The van der Waals surface area contributed by atoms with E-state index in [-0.39, 0.29) is 0 Å². The van der Waals surface area contributed by atoms with E-state index in [4.69, 9.17) is 0 Å². The van der Waals surface area contributed by atoms with Crippen LogP contribution in [0.3, 0.4) is 0 Å². The van der Waals surface area contributed by atoms with Gasteiger partial charge in [0.25, 0.3) is 0 Å². The fourth-order valence-electron chi connectivity index (χ4n) is 0.218. The van der Waals surface area contributed by atoms with Gasteiger partial charge >= 0.3 is 0 Å². The van der Waals surface area contributed by atoms with Crippen molar-refractivity contribution >= 4 is 12.1 Å². The Kier molecular flexibility index (Phi) is 3.76. The molecule has 2 nitrogen and oxygen atoms in total. The zero-order chi connectivity index (χ0) is 6.41. The van der Waals surface area contributed by atoms with Gasteiger partial charge in [0.2, 0.25) is 0 Å². The molecule has 0 saturated carbocycles. The molecular formula is C6H10N2. The maximum atomic E-state index is 3.87. The molecule has 0 N–H and O–H groups in total. The first-order chi connectivity index (χ1) is 3.81. The highest BCUT2D eigenvalue weighted by Gasteiger charge is 1.73. The number of hydrogen-bond donors (Lipinski definition) is 0. The number of rotatable bonds is 1. The molecule has 0 amide bonds. The molecule has 0 saturated heterocycles. The van der Waals surface area contributed by atoms with Gasteiger partial charge in [0, 0.05) is 13.3 Å². The van der Waals surface area contributed by atoms with E-state index in [1.807, 2.05) is 6.92 Å². The van der Waals surface area contributed by atoms with Crippen molar-refractivity contribution in [1.82, 2.24) is 0 Å². The summed E-state index contributed by atoms with van der Waals surface area (Å²) >= 11 is 0. The van der Waals surface area contributed by atoms with Gasteiger partial charge in [0.15, 0.2) is 0 Å². The molecule has 0 aliphatic carbocycles. The minimum Gasteiger partial charge on any atom is -0.274 e. The van der Waals surface area contributed by atoms with Gasteiger partial charge in [-0.05, 0) is 6.92 Å². The van der Waals surface area contributed by atoms with Crippen molar-refractivity contribution in [1.29, 1.82) is 0 Å². The largest absolute Gasteiger partial charge is 0.274 e. The van der Waals surface area contributed by atoms with Crippen molar-refractivity contribution in [3.05, 3.63) is 12.7 Å². The first-order valence-corrected chi connectivity index (χ1v) is 2.39. The summed E-state index contributed by atoms with van der Waals surface area (Å²) in [6.07, 6.45) is 3.23. The summed E-state index contributed by atoms with van der Waals surface area (Å²) in [4.78, 5) is 7.66. The SMILES string of the molecule is C=CC=NC(C)=NC. The van der Waals surface area contributed by atoms with Gasteiger partial charge in [0.1, 0.15) is 5.84 Å². The third-order valence-corrected chi connectivity index (χ3v) is 0.690. The zero-order valence-corrected chi connectivity index (χ0v) is 5.26. The molecule has 0 unspecified atom stereocenters. The number of aliphatic imine (C=N–C) groups is 2. The van der Waals surface area contributed by atoms with E-state index in [9.17, 15) is 0 Å². The Morgan fingerprint density at radius 3 is 2.62 bits per heavy atom. The van der Waals surface area contributed by atoms with Gasteiger partial charge in [0.05, 0.1) is 0 Å². The molecule has 0 aromatic heterocycles. The molecule has 0 fully saturated rings. The Morgan fingerprint density at radius 1 is 1.62 bits per heavy atom. The average molecular weight is 110 g/mol. The van der Waals surface area contributed by atoms with E-state index in [0.717, 1.165) is 5.84 Å². The third-order valence-electron chi connectivity index (χ3n) is 0.690. The van der Waals surface area contributed by atoms with Crippen LogP contribution in [0, 0.1) is 0 Å². The maximum absolute atomic E-state index is 3.87. The van der Waals surface area contributed by atoms with Gasteiger partial charge < -0.3 is 0 Å². The summed E-state index contributed by atoms with van der Waals surface area (Å²) in [7, 11) is 1.70. The van der Waals surface area contributed by atoms with Crippen LogP contribution in [-0.4, -0.2) is 19.1 Å². The van der Waals surface area contributed by atoms with Crippen LogP contribution in [0.5, 0.6) is 0 Å². The highest BCUT2D eigenvalue weighted by molar-refractivity contribution is 5.90. The molecule has 8 heavy (non-hydrogen) atoms. The number of allylic oxidation sites excluding steroid dienone is 1. The molecule has 0 heterocycles. The molecule has 0 aromatic rings. The Balaban J connectivity index is 3.69. The minimum absolute atomic E-state index is 0.768. The predicted octanol–water partition coefficient (Wildman–Crippen LogP) is 1.29. The number of nitrogens with zero attached hydrogens (tertiary/aromatic N) is 2.